The number of imidazole rings is 1. The fourth-order valence-electron chi connectivity index (χ4n) is 3.11. The van der Waals surface area contributed by atoms with Gasteiger partial charge in [-0.1, -0.05) is 11.6 Å². The molecule has 1 saturated heterocycles. The van der Waals surface area contributed by atoms with Gasteiger partial charge in [0.1, 0.15) is 0 Å². The summed E-state index contributed by atoms with van der Waals surface area (Å²) in [4.78, 5) is 33.1. The van der Waals surface area contributed by atoms with Crippen LogP contribution >= 0.6 is 11.6 Å². The van der Waals surface area contributed by atoms with Crippen LogP contribution in [0.3, 0.4) is 0 Å². The molecule has 1 aromatic carbocycles. The molecule has 0 spiro atoms. The second kappa shape index (κ2) is 9.27. The first-order valence-corrected chi connectivity index (χ1v) is 11.0. The summed E-state index contributed by atoms with van der Waals surface area (Å²) in [5.41, 5.74) is 0.919. The van der Waals surface area contributed by atoms with Crippen LogP contribution in [0.15, 0.2) is 41.7 Å². The molecule has 156 valence electrons. The van der Waals surface area contributed by atoms with Crippen LogP contribution in [-0.4, -0.2) is 54.9 Å². The van der Waals surface area contributed by atoms with Gasteiger partial charge in [0.2, 0.25) is 5.91 Å². The number of amides is 3. The van der Waals surface area contributed by atoms with Crippen molar-refractivity contribution in [1.29, 1.82) is 0 Å². The van der Waals surface area contributed by atoms with Gasteiger partial charge in [-0.3, -0.25) is 4.79 Å². The topological polar surface area (TPSA) is 124 Å². The molecule has 0 bridgehead atoms. The van der Waals surface area contributed by atoms with Crippen LogP contribution in [0.2, 0.25) is 5.02 Å². The Labute approximate surface area is 173 Å². The number of likely N-dealkylation sites (tertiary alicyclic amines) is 1. The maximum atomic E-state index is 12.5. The van der Waals surface area contributed by atoms with Crippen LogP contribution in [0.1, 0.15) is 18.5 Å². The number of nitrogens with one attached hydrogen (secondary N) is 3. The molecule has 1 aliphatic rings. The summed E-state index contributed by atoms with van der Waals surface area (Å²) in [5.74, 6) is -0.530. The molecule has 9 nitrogen and oxygen atoms in total. The van der Waals surface area contributed by atoms with E-state index in [0.717, 1.165) is 5.69 Å². The van der Waals surface area contributed by atoms with Crippen molar-refractivity contribution in [2.45, 2.75) is 24.2 Å². The highest BCUT2D eigenvalue weighted by Crippen LogP contribution is 2.18. The van der Waals surface area contributed by atoms with E-state index in [4.69, 9.17) is 11.6 Å². The third-order valence-electron chi connectivity index (χ3n) is 4.67. The summed E-state index contributed by atoms with van der Waals surface area (Å²) in [6.07, 6.45) is 5.16. The highest BCUT2D eigenvalue weighted by molar-refractivity contribution is 7.90. The minimum Gasteiger partial charge on any atom is -0.355 e. The number of nitrogens with zero attached hydrogens (tertiary/aromatic N) is 2. The van der Waals surface area contributed by atoms with Gasteiger partial charge in [-0.15, -0.1) is 0 Å². The normalized spacial score (nSPS) is 17.0. The van der Waals surface area contributed by atoms with Crippen molar-refractivity contribution in [3.05, 3.63) is 47.5 Å². The SMILES string of the molecule is O=C(NCCc1cnc[nH]1)C1CCCN(C(=O)NS(=O)(=O)c2ccc(Cl)cc2)C1. The highest BCUT2D eigenvalue weighted by Gasteiger charge is 2.30. The zero-order valence-electron chi connectivity index (χ0n) is 15.6. The van der Waals surface area contributed by atoms with Crippen molar-refractivity contribution in [3.8, 4) is 0 Å². The first-order valence-electron chi connectivity index (χ1n) is 9.17. The molecule has 2 aromatic rings. The lowest BCUT2D eigenvalue weighted by Gasteiger charge is -2.31. The summed E-state index contributed by atoms with van der Waals surface area (Å²) in [6, 6.07) is 4.78. The van der Waals surface area contributed by atoms with Gasteiger partial charge in [0.05, 0.1) is 17.1 Å². The summed E-state index contributed by atoms with van der Waals surface area (Å²) < 4.78 is 26.8. The number of halogens is 1. The molecule has 3 amide bonds. The van der Waals surface area contributed by atoms with Crippen molar-refractivity contribution >= 4 is 33.6 Å². The maximum absolute atomic E-state index is 12.5. The predicted octanol–water partition coefficient (Wildman–Crippen LogP) is 1.53. The van der Waals surface area contributed by atoms with E-state index in [1.54, 1.807) is 12.5 Å². The number of benzene rings is 1. The Hall–Kier alpha value is -2.59. The smallest absolute Gasteiger partial charge is 0.331 e. The van der Waals surface area contributed by atoms with E-state index in [1.165, 1.54) is 29.2 Å². The van der Waals surface area contributed by atoms with Gasteiger partial charge in [-0.25, -0.2) is 22.9 Å². The molecule has 0 saturated carbocycles. The van der Waals surface area contributed by atoms with E-state index in [9.17, 15) is 18.0 Å². The Morgan fingerprint density at radius 3 is 2.72 bits per heavy atom. The van der Waals surface area contributed by atoms with Crippen molar-refractivity contribution in [3.63, 3.8) is 0 Å². The molecule has 29 heavy (non-hydrogen) atoms. The second-order valence-corrected chi connectivity index (χ2v) is 8.89. The number of hydrogen-bond donors (Lipinski definition) is 3. The molecule has 1 unspecified atom stereocenters. The Bertz CT molecular complexity index is 947. The number of sulfonamides is 1. The molecule has 1 atom stereocenters. The van der Waals surface area contributed by atoms with E-state index in [2.05, 4.69) is 20.0 Å². The third-order valence-corrected chi connectivity index (χ3v) is 6.26. The van der Waals surface area contributed by atoms with E-state index >= 15 is 0 Å². The number of rotatable bonds is 6. The van der Waals surface area contributed by atoms with Crippen LogP contribution in [0.25, 0.3) is 0 Å². The number of aromatic nitrogens is 2. The van der Waals surface area contributed by atoms with Crippen LogP contribution < -0.4 is 10.0 Å². The van der Waals surface area contributed by atoms with Gasteiger partial charge >= 0.3 is 6.03 Å². The second-order valence-electron chi connectivity index (χ2n) is 6.77. The van der Waals surface area contributed by atoms with Crippen LogP contribution in [0.5, 0.6) is 0 Å². The standard InChI is InChI=1S/C18H22ClN5O4S/c19-14-3-5-16(6-4-14)29(27,28)23-18(26)24-9-1-2-13(11-24)17(25)21-8-7-15-10-20-12-22-15/h3-6,10,12-13H,1-2,7-9,11H2,(H,20,22)(H,21,25)(H,23,26). The Morgan fingerprint density at radius 1 is 1.28 bits per heavy atom. The summed E-state index contributed by atoms with van der Waals surface area (Å²) in [7, 11) is -4.01. The van der Waals surface area contributed by atoms with Crippen molar-refractivity contribution in [2.75, 3.05) is 19.6 Å². The zero-order valence-corrected chi connectivity index (χ0v) is 17.2. The highest BCUT2D eigenvalue weighted by atomic mass is 35.5. The lowest BCUT2D eigenvalue weighted by molar-refractivity contribution is -0.126. The average molecular weight is 440 g/mol. The van der Waals surface area contributed by atoms with E-state index in [0.29, 0.717) is 37.4 Å². The summed E-state index contributed by atoms with van der Waals surface area (Å²) >= 11 is 5.77. The van der Waals surface area contributed by atoms with Crippen LogP contribution in [0, 0.1) is 5.92 Å². The lowest BCUT2D eigenvalue weighted by atomic mass is 9.97. The molecule has 1 aromatic heterocycles. The molecule has 0 aliphatic carbocycles. The molecular weight excluding hydrogens is 418 g/mol. The first-order chi connectivity index (χ1) is 13.8. The Morgan fingerprint density at radius 2 is 2.03 bits per heavy atom. The van der Waals surface area contributed by atoms with Gasteiger partial charge < -0.3 is 15.2 Å². The van der Waals surface area contributed by atoms with Crippen LogP contribution in [-0.2, 0) is 21.2 Å². The number of H-pyrrole nitrogens is 1. The van der Waals surface area contributed by atoms with E-state index in [-0.39, 0.29) is 23.3 Å². The quantitative estimate of drug-likeness (QED) is 0.629. The van der Waals surface area contributed by atoms with Gasteiger partial charge in [-0.05, 0) is 37.1 Å². The number of piperidine rings is 1. The fraction of sp³-hybridized carbons (Fsp3) is 0.389. The summed E-state index contributed by atoms with van der Waals surface area (Å²) in [6.45, 7) is 1.01. The largest absolute Gasteiger partial charge is 0.355 e. The predicted molar refractivity (Wildman–Crippen MR) is 107 cm³/mol. The fourth-order valence-corrected chi connectivity index (χ4v) is 4.21. The van der Waals surface area contributed by atoms with E-state index in [1.807, 2.05) is 0 Å². The summed E-state index contributed by atoms with van der Waals surface area (Å²) in [5, 5.41) is 3.25. The van der Waals surface area contributed by atoms with Gasteiger partial charge in [-0.2, -0.15) is 0 Å². The lowest BCUT2D eigenvalue weighted by Crippen LogP contribution is -2.50. The Balaban J connectivity index is 1.53. The number of carbonyl (C=O) groups excluding carboxylic acids is 2. The number of aromatic amines is 1. The zero-order chi connectivity index (χ0) is 20.9. The number of carbonyl (C=O) groups is 2. The molecule has 3 rings (SSSR count). The average Bonchev–Trinajstić information content (AvgIpc) is 3.21. The van der Waals surface area contributed by atoms with Crippen molar-refractivity contribution in [2.24, 2.45) is 5.92 Å². The molecular formula is C18H22ClN5O4S. The monoisotopic (exact) mass is 439 g/mol. The molecule has 1 aliphatic heterocycles. The molecule has 2 heterocycles. The third kappa shape index (κ3) is 5.70. The van der Waals surface area contributed by atoms with Crippen LogP contribution in [0.4, 0.5) is 4.79 Å². The number of hydrogen-bond acceptors (Lipinski definition) is 5. The van der Waals surface area contributed by atoms with Gasteiger partial charge in [0.15, 0.2) is 0 Å². The molecule has 1 fully saturated rings. The maximum Gasteiger partial charge on any atom is 0.331 e. The molecule has 11 heteroatoms. The minimum absolute atomic E-state index is 0.0552. The molecule has 0 radical (unpaired) electrons. The Kier molecular flexibility index (Phi) is 6.75. The molecule has 3 N–H and O–H groups in total. The minimum atomic E-state index is -4.01. The van der Waals surface area contributed by atoms with Crippen molar-refractivity contribution < 1.29 is 18.0 Å². The number of urea groups is 1. The van der Waals surface area contributed by atoms with Gasteiger partial charge in [0.25, 0.3) is 10.0 Å². The first kappa shape index (κ1) is 21.1. The van der Waals surface area contributed by atoms with Gasteiger partial charge in [0, 0.05) is 43.0 Å². The van der Waals surface area contributed by atoms with Crippen molar-refractivity contribution in [1.82, 2.24) is 24.9 Å². The van der Waals surface area contributed by atoms with E-state index < -0.39 is 16.1 Å².